The molecule has 0 heterocycles. The second-order valence-corrected chi connectivity index (χ2v) is 4.19. The van der Waals surface area contributed by atoms with Crippen LogP contribution in [-0.4, -0.2) is 25.0 Å². The fraction of sp³-hybridized carbons (Fsp3) is 1.00. The molecule has 0 atom stereocenters. The van der Waals surface area contributed by atoms with Crippen molar-refractivity contribution in [3.05, 3.63) is 0 Å². The van der Waals surface area contributed by atoms with Gasteiger partial charge in [0.2, 0.25) is 0 Å². The van der Waals surface area contributed by atoms with E-state index < -0.39 is 5.79 Å². The highest BCUT2D eigenvalue weighted by atomic mass is 16.7. The van der Waals surface area contributed by atoms with Crippen LogP contribution in [0.3, 0.4) is 0 Å². The van der Waals surface area contributed by atoms with E-state index in [0.717, 1.165) is 6.42 Å². The molecule has 0 radical (unpaired) electrons. The molecule has 0 saturated carbocycles. The van der Waals surface area contributed by atoms with E-state index in [1.807, 2.05) is 27.7 Å². The molecule has 0 aliphatic heterocycles. The Labute approximate surface area is 75.2 Å². The Morgan fingerprint density at radius 3 is 2.00 bits per heavy atom. The van der Waals surface area contributed by atoms with E-state index in [4.69, 9.17) is 15.2 Å². The maximum Gasteiger partial charge on any atom is 0.162 e. The molecule has 0 spiro atoms. The summed E-state index contributed by atoms with van der Waals surface area (Å²) >= 11 is 0. The highest BCUT2D eigenvalue weighted by Crippen LogP contribution is 2.12. The molecule has 0 bridgehead atoms. The molecule has 0 saturated heterocycles. The van der Waals surface area contributed by atoms with Crippen LogP contribution in [0.25, 0.3) is 0 Å². The van der Waals surface area contributed by atoms with Gasteiger partial charge in [0.1, 0.15) is 0 Å². The summed E-state index contributed by atoms with van der Waals surface area (Å²) in [7, 11) is 1.63. The molecule has 0 aromatic heterocycles. The van der Waals surface area contributed by atoms with Crippen molar-refractivity contribution in [3.8, 4) is 0 Å². The number of nitrogens with two attached hydrogens (primary N) is 1. The fourth-order valence-electron chi connectivity index (χ4n) is 0.619. The minimum Gasteiger partial charge on any atom is -0.354 e. The van der Waals surface area contributed by atoms with Gasteiger partial charge in [0, 0.05) is 12.6 Å². The van der Waals surface area contributed by atoms with Gasteiger partial charge in [-0.25, -0.2) is 0 Å². The van der Waals surface area contributed by atoms with Crippen LogP contribution in [0, 0.1) is 0 Å². The summed E-state index contributed by atoms with van der Waals surface area (Å²) in [6, 6.07) is 0. The molecule has 0 aromatic rings. The van der Waals surface area contributed by atoms with E-state index in [1.165, 1.54) is 0 Å². The second-order valence-electron chi connectivity index (χ2n) is 4.19. The zero-order valence-electron chi connectivity index (χ0n) is 8.81. The maximum absolute atomic E-state index is 5.79. The Morgan fingerprint density at radius 2 is 1.67 bits per heavy atom. The highest BCUT2D eigenvalue weighted by molar-refractivity contribution is 4.71. The van der Waals surface area contributed by atoms with Gasteiger partial charge in [-0.05, 0) is 34.1 Å². The molecular weight excluding hydrogens is 154 g/mol. The molecule has 3 heteroatoms. The van der Waals surface area contributed by atoms with E-state index in [-0.39, 0.29) is 5.54 Å². The first-order valence-electron chi connectivity index (χ1n) is 4.25. The lowest BCUT2D eigenvalue weighted by molar-refractivity contribution is -0.198. The minimum absolute atomic E-state index is 0.163. The first-order chi connectivity index (χ1) is 5.27. The lowest BCUT2D eigenvalue weighted by Crippen LogP contribution is -2.35. The molecule has 0 aliphatic carbocycles. The first kappa shape index (κ1) is 11.9. The molecule has 12 heavy (non-hydrogen) atoms. The number of hydrogen-bond donors (Lipinski definition) is 1. The molecule has 0 fully saturated rings. The smallest absolute Gasteiger partial charge is 0.162 e. The van der Waals surface area contributed by atoms with Gasteiger partial charge in [0.05, 0.1) is 6.61 Å². The Bertz CT molecular complexity index is 127. The van der Waals surface area contributed by atoms with Crippen LogP contribution in [0.5, 0.6) is 0 Å². The van der Waals surface area contributed by atoms with Crippen LogP contribution in [0.4, 0.5) is 0 Å². The Hall–Kier alpha value is -0.120. The van der Waals surface area contributed by atoms with Gasteiger partial charge in [0.25, 0.3) is 0 Å². The van der Waals surface area contributed by atoms with Crippen molar-refractivity contribution in [2.45, 2.75) is 45.4 Å². The molecule has 0 rings (SSSR count). The number of methoxy groups -OCH3 is 1. The zero-order chi connectivity index (χ0) is 9.83. The van der Waals surface area contributed by atoms with Crippen molar-refractivity contribution in [3.63, 3.8) is 0 Å². The molecule has 2 N–H and O–H groups in total. The third kappa shape index (κ3) is 6.58. The molecular formula is C9H21NO2. The topological polar surface area (TPSA) is 44.5 Å². The number of rotatable bonds is 5. The van der Waals surface area contributed by atoms with Crippen LogP contribution in [0.1, 0.15) is 34.1 Å². The van der Waals surface area contributed by atoms with Crippen LogP contribution in [-0.2, 0) is 9.47 Å². The van der Waals surface area contributed by atoms with Crippen LogP contribution >= 0.6 is 0 Å². The quantitative estimate of drug-likeness (QED) is 0.644. The van der Waals surface area contributed by atoms with E-state index in [1.54, 1.807) is 7.11 Å². The van der Waals surface area contributed by atoms with Crippen LogP contribution < -0.4 is 5.73 Å². The predicted molar refractivity (Wildman–Crippen MR) is 49.9 cm³/mol. The Kier molecular flexibility index (Phi) is 4.17. The maximum atomic E-state index is 5.79. The van der Waals surface area contributed by atoms with Gasteiger partial charge in [0.15, 0.2) is 5.79 Å². The summed E-state index contributed by atoms with van der Waals surface area (Å²) in [6.45, 7) is 8.36. The average Bonchev–Trinajstić information content (AvgIpc) is 1.84. The third-order valence-electron chi connectivity index (χ3n) is 1.69. The van der Waals surface area contributed by atoms with Crippen molar-refractivity contribution in [2.24, 2.45) is 5.73 Å². The van der Waals surface area contributed by atoms with Gasteiger partial charge in [-0.1, -0.05) is 0 Å². The lowest BCUT2D eigenvalue weighted by Gasteiger charge is -2.26. The molecule has 0 unspecified atom stereocenters. The van der Waals surface area contributed by atoms with Crippen molar-refractivity contribution >= 4 is 0 Å². The second kappa shape index (κ2) is 4.21. The van der Waals surface area contributed by atoms with Gasteiger partial charge in [-0.15, -0.1) is 0 Å². The summed E-state index contributed by atoms with van der Waals surface area (Å²) in [6.07, 6.45) is 0.833. The van der Waals surface area contributed by atoms with Crippen molar-refractivity contribution < 1.29 is 9.47 Å². The normalized spacial score (nSPS) is 13.5. The van der Waals surface area contributed by atoms with Crippen molar-refractivity contribution in [1.29, 1.82) is 0 Å². The zero-order valence-corrected chi connectivity index (χ0v) is 8.81. The standard InChI is InChI=1S/C9H21NO2/c1-8(2,10)6-7-12-9(3,4)11-5/h6-7,10H2,1-5H3. The molecule has 74 valence electrons. The first-order valence-corrected chi connectivity index (χ1v) is 4.25. The number of hydrogen-bond acceptors (Lipinski definition) is 3. The van der Waals surface area contributed by atoms with Gasteiger partial charge < -0.3 is 15.2 Å². The van der Waals surface area contributed by atoms with Crippen LogP contribution in [0.15, 0.2) is 0 Å². The monoisotopic (exact) mass is 175 g/mol. The third-order valence-corrected chi connectivity index (χ3v) is 1.69. The highest BCUT2D eigenvalue weighted by Gasteiger charge is 2.18. The van der Waals surface area contributed by atoms with Gasteiger partial charge in [-0.3, -0.25) is 0 Å². The fourth-order valence-corrected chi connectivity index (χ4v) is 0.619. The average molecular weight is 175 g/mol. The minimum atomic E-state index is -0.495. The largest absolute Gasteiger partial charge is 0.354 e. The Balaban J connectivity index is 3.57. The van der Waals surface area contributed by atoms with E-state index in [0.29, 0.717) is 6.61 Å². The Morgan fingerprint density at radius 1 is 1.17 bits per heavy atom. The van der Waals surface area contributed by atoms with Crippen molar-refractivity contribution in [2.75, 3.05) is 13.7 Å². The molecule has 0 amide bonds. The number of ether oxygens (including phenoxy) is 2. The predicted octanol–water partition coefficient (Wildman–Crippen LogP) is 1.51. The van der Waals surface area contributed by atoms with E-state index in [9.17, 15) is 0 Å². The summed E-state index contributed by atoms with van der Waals surface area (Å²) < 4.78 is 10.5. The van der Waals surface area contributed by atoms with Crippen molar-refractivity contribution in [1.82, 2.24) is 0 Å². The molecule has 0 aliphatic rings. The molecule has 0 aromatic carbocycles. The van der Waals surface area contributed by atoms with Crippen LogP contribution in [0.2, 0.25) is 0 Å². The summed E-state index contributed by atoms with van der Waals surface area (Å²) in [5, 5.41) is 0. The lowest BCUT2D eigenvalue weighted by atomic mass is 10.0. The van der Waals surface area contributed by atoms with E-state index in [2.05, 4.69) is 0 Å². The van der Waals surface area contributed by atoms with E-state index >= 15 is 0 Å². The summed E-state index contributed by atoms with van der Waals surface area (Å²) in [5.41, 5.74) is 5.62. The van der Waals surface area contributed by atoms with Gasteiger partial charge >= 0.3 is 0 Å². The SMILES string of the molecule is COC(C)(C)OCCC(C)(C)N. The van der Waals surface area contributed by atoms with Gasteiger partial charge in [-0.2, -0.15) is 0 Å². The summed E-state index contributed by atoms with van der Waals surface area (Å²) in [4.78, 5) is 0. The summed E-state index contributed by atoms with van der Waals surface area (Å²) in [5.74, 6) is -0.495. The molecule has 3 nitrogen and oxygen atoms in total.